The maximum atomic E-state index is 12.8. The Morgan fingerprint density at radius 2 is 1.86 bits per heavy atom. The first-order chi connectivity index (χ1) is 14.0. The normalized spacial score (nSPS) is 18.9. The number of nitrogens with zero attached hydrogens (tertiary/aromatic N) is 1. The Morgan fingerprint density at radius 1 is 1.14 bits per heavy atom. The summed E-state index contributed by atoms with van der Waals surface area (Å²) in [5, 5.41) is 4.80. The van der Waals surface area contributed by atoms with Gasteiger partial charge in [0.15, 0.2) is 0 Å². The first-order valence-electron chi connectivity index (χ1n) is 9.75. The average Bonchev–Trinajstić information content (AvgIpc) is 3.33. The Kier molecular flexibility index (Phi) is 5.91. The number of amides is 1. The molecule has 29 heavy (non-hydrogen) atoms. The molecule has 1 saturated heterocycles. The van der Waals surface area contributed by atoms with Gasteiger partial charge in [0.25, 0.3) is 10.0 Å². The van der Waals surface area contributed by atoms with Crippen LogP contribution >= 0.6 is 11.3 Å². The van der Waals surface area contributed by atoms with Crippen LogP contribution in [0.3, 0.4) is 0 Å². The summed E-state index contributed by atoms with van der Waals surface area (Å²) in [5.74, 6) is 0.0534. The quantitative estimate of drug-likeness (QED) is 0.663. The number of morpholine rings is 1. The lowest BCUT2D eigenvalue weighted by molar-refractivity contribution is -0.123. The predicted octanol–water partition coefficient (Wildman–Crippen LogP) is 2.03. The van der Waals surface area contributed by atoms with Crippen LogP contribution in [0.4, 0.5) is 5.69 Å². The summed E-state index contributed by atoms with van der Waals surface area (Å²) in [4.78, 5) is 15.1. The molecule has 1 amide bonds. The number of carbonyl (C=O) groups excluding carboxylic acids is 1. The molecule has 7 nitrogen and oxygen atoms in total. The number of hydrogen-bond acceptors (Lipinski definition) is 6. The first-order valence-corrected chi connectivity index (χ1v) is 12.1. The van der Waals surface area contributed by atoms with Crippen molar-refractivity contribution >= 4 is 33.0 Å². The zero-order chi connectivity index (χ0) is 20.3. The van der Waals surface area contributed by atoms with E-state index in [-0.39, 0.29) is 10.1 Å². The van der Waals surface area contributed by atoms with E-state index in [0.29, 0.717) is 12.2 Å². The van der Waals surface area contributed by atoms with Gasteiger partial charge in [0, 0.05) is 31.9 Å². The van der Waals surface area contributed by atoms with Gasteiger partial charge in [-0.2, -0.15) is 0 Å². The summed E-state index contributed by atoms with van der Waals surface area (Å²) >= 11 is 1.17. The van der Waals surface area contributed by atoms with Crippen LogP contribution in [0.1, 0.15) is 18.4 Å². The number of rotatable bonds is 8. The highest BCUT2D eigenvalue weighted by atomic mass is 32.2. The van der Waals surface area contributed by atoms with Crippen molar-refractivity contribution < 1.29 is 17.9 Å². The van der Waals surface area contributed by atoms with E-state index in [4.69, 9.17) is 4.74 Å². The summed E-state index contributed by atoms with van der Waals surface area (Å²) in [6.45, 7) is 4.77. The van der Waals surface area contributed by atoms with Crippen molar-refractivity contribution in [2.75, 3.05) is 44.1 Å². The molecule has 9 heteroatoms. The van der Waals surface area contributed by atoms with Gasteiger partial charge in [0.1, 0.15) is 4.21 Å². The summed E-state index contributed by atoms with van der Waals surface area (Å²) < 4.78 is 32.9. The van der Waals surface area contributed by atoms with Crippen LogP contribution < -0.4 is 10.0 Å². The maximum absolute atomic E-state index is 12.8. The molecule has 0 bridgehead atoms. The molecule has 1 aliphatic carbocycles. The lowest BCUT2D eigenvalue weighted by atomic mass is 9.95. The molecular weight excluding hydrogens is 410 g/mol. The fourth-order valence-corrected chi connectivity index (χ4v) is 5.62. The number of benzene rings is 1. The molecule has 2 fully saturated rings. The van der Waals surface area contributed by atoms with E-state index >= 15 is 0 Å². The molecule has 2 aliphatic rings. The molecule has 2 heterocycles. The van der Waals surface area contributed by atoms with Crippen molar-refractivity contribution in [1.82, 2.24) is 10.2 Å². The van der Waals surface area contributed by atoms with Crippen molar-refractivity contribution in [2.45, 2.75) is 22.5 Å². The highest BCUT2D eigenvalue weighted by Crippen LogP contribution is 2.48. The molecule has 0 atom stereocenters. The summed E-state index contributed by atoms with van der Waals surface area (Å²) in [7, 11) is -3.57. The topological polar surface area (TPSA) is 87.7 Å². The summed E-state index contributed by atoms with van der Waals surface area (Å²) in [6, 6.07) is 10.4. The first kappa shape index (κ1) is 20.3. The third-order valence-corrected chi connectivity index (χ3v) is 8.23. The van der Waals surface area contributed by atoms with Crippen LogP contribution in [0.2, 0.25) is 0 Å². The molecule has 0 unspecified atom stereocenters. The van der Waals surface area contributed by atoms with Gasteiger partial charge < -0.3 is 10.1 Å². The Balaban J connectivity index is 1.34. The fraction of sp³-hybridized carbons (Fsp3) is 0.450. The van der Waals surface area contributed by atoms with Crippen molar-refractivity contribution in [1.29, 1.82) is 0 Å². The number of ether oxygens (including phenoxy) is 1. The highest BCUT2D eigenvalue weighted by molar-refractivity contribution is 7.94. The second-order valence-electron chi connectivity index (χ2n) is 7.41. The maximum Gasteiger partial charge on any atom is 0.271 e. The molecule has 2 N–H and O–H groups in total. The number of nitrogens with one attached hydrogen (secondary N) is 2. The van der Waals surface area contributed by atoms with Crippen LogP contribution in [0.25, 0.3) is 0 Å². The van der Waals surface area contributed by atoms with E-state index in [1.165, 1.54) is 11.3 Å². The zero-order valence-corrected chi connectivity index (χ0v) is 17.7. The van der Waals surface area contributed by atoms with Gasteiger partial charge in [0.2, 0.25) is 5.91 Å². The molecule has 2 aromatic rings. The second-order valence-corrected chi connectivity index (χ2v) is 10.3. The van der Waals surface area contributed by atoms with Gasteiger partial charge in [-0.1, -0.05) is 18.2 Å². The molecule has 4 rings (SSSR count). The van der Waals surface area contributed by atoms with E-state index in [1.54, 1.807) is 29.6 Å². The Morgan fingerprint density at radius 3 is 2.48 bits per heavy atom. The van der Waals surface area contributed by atoms with E-state index in [1.807, 2.05) is 12.1 Å². The molecular formula is C20H25N3O4S2. The standard InChI is InChI=1S/C20H25N3O4S2/c24-19(21-9-10-23-11-13-27-14-12-23)20(7-8-20)16-3-5-17(6-4-16)22-29(25,26)18-2-1-15-28-18/h1-6,15,22H,7-14H2,(H,21,24). The highest BCUT2D eigenvalue weighted by Gasteiger charge is 2.51. The van der Waals surface area contributed by atoms with Gasteiger partial charge in [-0.3, -0.25) is 14.4 Å². The fourth-order valence-electron chi connectivity index (χ4n) is 3.57. The van der Waals surface area contributed by atoms with Gasteiger partial charge in [-0.15, -0.1) is 11.3 Å². The Labute approximate surface area is 175 Å². The lowest BCUT2D eigenvalue weighted by Crippen LogP contribution is -2.43. The largest absolute Gasteiger partial charge is 0.379 e. The van der Waals surface area contributed by atoms with Crippen molar-refractivity contribution in [3.05, 3.63) is 47.3 Å². The van der Waals surface area contributed by atoms with E-state index in [2.05, 4.69) is 14.9 Å². The smallest absolute Gasteiger partial charge is 0.271 e. The van der Waals surface area contributed by atoms with Crippen LogP contribution in [0.5, 0.6) is 0 Å². The number of hydrogen-bond donors (Lipinski definition) is 2. The minimum atomic E-state index is -3.57. The van der Waals surface area contributed by atoms with Crippen LogP contribution in [-0.4, -0.2) is 58.6 Å². The monoisotopic (exact) mass is 435 g/mol. The minimum Gasteiger partial charge on any atom is -0.379 e. The van der Waals surface area contributed by atoms with E-state index in [0.717, 1.165) is 51.3 Å². The van der Waals surface area contributed by atoms with Gasteiger partial charge in [0.05, 0.1) is 18.6 Å². The van der Waals surface area contributed by atoms with Gasteiger partial charge in [-0.25, -0.2) is 8.42 Å². The molecule has 1 aromatic carbocycles. The molecule has 1 aromatic heterocycles. The molecule has 0 spiro atoms. The van der Waals surface area contributed by atoms with Gasteiger partial charge >= 0.3 is 0 Å². The summed E-state index contributed by atoms with van der Waals surface area (Å²) in [6.07, 6.45) is 1.63. The van der Waals surface area contributed by atoms with E-state index in [9.17, 15) is 13.2 Å². The van der Waals surface area contributed by atoms with Gasteiger partial charge in [-0.05, 0) is 42.0 Å². The third-order valence-electron chi connectivity index (χ3n) is 5.45. The molecule has 1 aliphatic heterocycles. The van der Waals surface area contributed by atoms with Crippen LogP contribution in [-0.2, 0) is 25.0 Å². The molecule has 0 radical (unpaired) electrons. The van der Waals surface area contributed by atoms with Crippen molar-refractivity contribution in [3.63, 3.8) is 0 Å². The molecule has 156 valence electrons. The minimum absolute atomic E-state index is 0.0534. The number of anilines is 1. The second kappa shape index (κ2) is 8.43. The van der Waals surface area contributed by atoms with Crippen LogP contribution in [0, 0.1) is 0 Å². The third kappa shape index (κ3) is 4.63. The predicted molar refractivity (Wildman–Crippen MR) is 113 cm³/mol. The SMILES string of the molecule is O=C(NCCN1CCOCC1)C1(c2ccc(NS(=O)(=O)c3cccs3)cc2)CC1. The van der Waals surface area contributed by atoms with Crippen molar-refractivity contribution in [3.8, 4) is 0 Å². The van der Waals surface area contributed by atoms with Crippen molar-refractivity contribution in [2.24, 2.45) is 0 Å². The number of carbonyl (C=O) groups is 1. The molecule has 1 saturated carbocycles. The zero-order valence-electron chi connectivity index (χ0n) is 16.1. The lowest BCUT2D eigenvalue weighted by Gasteiger charge is -2.27. The summed E-state index contributed by atoms with van der Waals surface area (Å²) in [5.41, 5.74) is 0.946. The number of thiophene rings is 1. The van der Waals surface area contributed by atoms with Crippen LogP contribution in [0.15, 0.2) is 46.0 Å². The Bertz CT molecular complexity index is 933. The van der Waals surface area contributed by atoms with E-state index < -0.39 is 15.4 Å². The average molecular weight is 436 g/mol. The Hall–Kier alpha value is -1.94. The number of sulfonamides is 1.